The fourth-order valence-electron chi connectivity index (χ4n) is 1.19. The lowest BCUT2D eigenvalue weighted by atomic mass is 10.00. The molecule has 17 heavy (non-hydrogen) atoms. The average Bonchev–Trinajstić information content (AvgIpc) is 2.12. The van der Waals surface area contributed by atoms with Crippen LogP contribution in [0.4, 0.5) is 0 Å². The Balaban J connectivity index is 4.75. The molecule has 0 spiro atoms. The Morgan fingerprint density at radius 2 is 1.65 bits per heavy atom. The van der Waals surface area contributed by atoms with Crippen molar-refractivity contribution in [1.82, 2.24) is 10.6 Å². The van der Waals surface area contributed by atoms with Gasteiger partial charge in [-0.3, -0.25) is 9.59 Å². The molecule has 0 saturated carbocycles. The summed E-state index contributed by atoms with van der Waals surface area (Å²) in [5.41, 5.74) is -1.36. The van der Waals surface area contributed by atoms with E-state index in [1.807, 2.05) is 0 Å². The number of carboxylic acid groups (broad SMARTS) is 1. The molecular formula is C11H20N2O4. The molecule has 0 aliphatic heterocycles. The van der Waals surface area contributed by atoms with Crippen molar-refractivity contribution in [2.45, 2.75) is 46.2 Å². The molecule has 0 aromatic heterocycles. The first-order chi connectivity index (χ1) is 7.58. The summed E-state index contributed by atoms with van der Waals surface area (Å²) in [6.45, 7) is 7.63. The van der Waals surface area contributed by atoms with E-state index in [0.29, 0.717) is 0 Å². The number of amides is 2. The number of aliphatic carboxylic acids is 1. The molecule has 0 aromatic carbocycles. The standard InChI is InChI=1S/C11H20N2O4/c1-6(2)8(12-7(3)14)9(15)13-11(4,5)10(16)17/h6,8H,1-5H3,(H,12,14)(H,13,15)(H,16,17). The van der Waals surface area contributed by atoms with Crippen molar-refractivity contribution in [2.75, 3.05) is 0 Å². The Labute approximate surface area is 101 Å². The third-order valence-corrected chi connectivity index (χ3v) is 2.28. The summed E-state index contributed by atoms with van der Waals surface area (Å²) in [7, 11) is 0. The van der Waals surface area contributed by atoms with Gasteiger partial charge in [-0.25, -0.2) is 4.79 Å². The second-order valence-electron chi connectivity index (χ2n) is 4.84. The molecule has 0 heterocycles. The fourth-order valence-corrected chi connectivity index (χ4v) is 1.19. The third-order valence-electron chi connectivity index (χ3n) is 2.28. The third kappa shape index (κ3) is 4.84. The number of nitrogens with one attached hydrogen (secondary N) is 2. The normalized spacial score (nSPS) is 13.1. The Hall–Kier alpha value is -1.59. The minimum atomic E-state index is -1.36. The van der Waals surface area contributed by atoms with Gasteiger partial charge in [-0.2, -0.15) is 0 Å². The average molecular weight is 244 g/mol. The highest BCUT2D eigenvalue weighted by atomic mass is 16.4. The topological polar surface area (TPSA) is 95.5 Å². The molecular weight excluding hydrogens is 224 g/mol. The molecule has 0 aliphatic rings. The summed E-state index contributed by atoms with van der Waals surface area (Å²) >= 11 is 0. The van der Waals surface area contributed by atoms with Crippen LogP contribution in [0.5, 0.6) is 0 Å². The quantitative estimate of drug-likeness (QED) is 0.640. The molecule has 2 amide bonds. The zero-order valence-corrected chi connectivity index (χ0v) is 10.8. The molecule has 0 aromatic rings. The van der Waals surface area contributed by atoms with Crippen LogP contribution < -0.4 is 10.6 Å². The molecule has 1 atom stereocenters. The van der Waals surface area contributed by atoms with Crippen LogP contribution in [-0.4, -0.2) is 34.5 Å². The second kappa shape index (κ2) is 5.65. The van der Waals surface area contributed by atoms with Crippen LogP contribution in [0.2, 0.25) is 0 Å². The van der Waals surface area contributed by atoms with Crippen LogP contribution in [0, 0.1) is 5.92 Å². The van der Waals surface area contributed by atoms with Crippen molar-refractivity contribution in [1.29, 1.82) is 0 Å². The van der Waals surface area contributed by atoms with E-state index in [9.17, 15) is 14.4 Å². The highest BCUT2D eigenvalue weighted by molar-refractivity contribution is 5.91. The number of carboxylic acids is 1. The van der Waals surface area contributed by atoms with Gasteiger partial charge in [-0.05, 0) is 19.8 Å². The van der Waals surface area contributed by atoms with Gasteiger partial charge in [0.2, 0.25) is 11.8 Å². The van der Waals surface area contributed by atoms with E-state index in [1.54, 1.807) is 13.8 Å². The van der Waals surface area contributed by atoms with Crippen LogP contribution in [0.25, 0.3) is 0 Å². The van der Waals surface area contributed by atoms with E-state index in [0.717, 1.165) is 0 Å². The minimum Gasteiger partial charge on any atom is -0.480 e. The van der Waals surface area contributed by atoms with Crippen LogP contribution in [0.15, 0.2) is 0 Å². The number of hydrogen-bond acceptors (Lipinski definition) is 3. The fraction of sp³-hybridized carbons (Fsp3) is 0.727. The summed E-state index contributed by atoms with van der Waals surface area (Å²) in [5.74, 6) is -2.07. The Morgan fingerprint density at radius 1 is 1.18 bits per heavy atom. The summed E-state index contributed by atoms with van der Waals surface area (Å²) in [6, 6.07) is -0.730. The molecule has 98 valence electrons. The smallest absolute Gasteiger partial charge is 0.328 e. The number of carbonyl (C=O) groups excluding carboxylic acids is 2. The maximum absolute atomic E-state index is 11.9. The van der Waals surface area contributed by atoms with E-state index in [-0.39, 0.29) is 11.8 Å². The van der Waals surface area contributed by atoms with Gasteiger partial charge in [-0.15, -0.1) is 0 Å². The first-order valence-electron chi connectivity index (χ1n) is 5.40. The first kappa shape index (κ1) is 15.4. The molecule has 0 radical (unpaired) electrons. The summed E-state index contributed by atoms with van der Waals surface area (Å²) in [5, 5.41) is 13.8. The molecule has 0 fully saturated rings. The van der Waals surface area contributed by atoms with Gasteiger partial charge >= 0.3 is 5.97 Å². The van der Waals surface area contributed by atoms with E-state index >= 15 is 0 Å². The molecule has 1 unspecified atom stereocenters. The van der Waals surface area contributed by atoms with Crippen molar-refractivity contribution in [3.05, 3.63) is 0 Å². The molecule has 0 aliphatic carbocycles. The Bertz CT molecular complexity index is 323. The van der Waals surface area contributed by atoms with Gasteiger partial charge in [-0.1, -0.05) is 13.8 Å². The Kier molecular flexibility index (Phi) is 5.12. The van der Waals surface area contributed by atoms with E-state index in [2.05, 4.69) is 10.6 Å². The minimum absolute atomic E-state index is 0.122. The van der Waals surface area contributed by atoms with Crippen LogP contribution in [-0.2, 0) is 14.4 Å². The molecule has 6 heteroatoms. The summed E-state index contributed by atoms with van der Waals surface area (Å²) < 4.78 is 0. The Morgan fingerprint density at radius 3 is 1.94 bits per heavy atom. The lowest BCUT2D eigenvalue weighted by molar-refractivity contribution is -0.146. The van der Waals surface area contributed by atoms with Crippen LogP contribution >= 0.6 is 0 Å². The number of rotatable bonds is 5. The van der Waals surface area contributed by atoms with Gasteiger partial charge in [0.05, 0.1) is 0 Å². The molecule has 0 saturated heterocycles. The SMILES string of the molecule is CC(=O)NC(C(=O)NC(C)(C)C(=O)O)C(C)C. The van der Waals surface area contributed by atoms with Gasteiger partial charge in [0.25, 0.3) is 0 Å². The highest BCUT2D eigenvalue weighted by Crippen LogP contribution is 2.07. The lowest BCUT2D eigenvalue weighted by Crippen LogP contribution is -2.57. The molecule has 0 bridgehead atoms. The maximum atomic E-state index is 11.9. The summed E-state index contributed by atoms with van der Waals surface area (Å²) in [6.07, 6.45) is 0. The van der Waals surface area contributed by atoms with E-state index < -0.39 is 23.5 Å². The van der Waals surface area contributed by atoms with Crippen molar-refractivity contribution in [2.24, 2.45) is 5.92 Å². The second-order valence-corrected chi connectivity index (χ2v) is 4.84. The molecule has 0 rings (SSSR count). The largest absolute Gasteiger partial charge is 0.480 e. The lowest BCUT2D eigenvalue weighted by Gasteiger charge is -2.27. The predicted molar refractivity (Wildman–Crippen MR) is 62.3 cm³/mol. The molecule has 6 nitrogen and oxygen atoms in total. The monoisotopic (exact) mass is 244 g/mol. The van der Waals surface area contributed by atoms with Crippen molar-refractivity contribution >= 4 is 17.8 Å². The summed E-state index contributed by atoms with van der Waals surface area (Å²) in [4.78, 5) is 33.7. The van der Waals surface area contributed by atoms with Crippen LogP contribution in [0.1, 0.15) is 34.6 Å². The first-order valence-corrected chi connectivity index (χ1v) is 5.40. The zero-order valence-electron chi connectivity index (χ0n) is 10.8. The van der Waals surface area contributed by atoms with E-state index in [4.69, 9.17) is 5.11 Å². The van der Waals surface area contributed by atoms with Crippen molar-refractivity contribution in [3.63, 3.8) is 0 Å². The van der Waals surface area contributed by atoms with E-state index in [1.165, 1.54) is 20.8 Å². The van der Waals surface area contributed by atoms with Crippen LogP contribution in [0.3, 0.4) is 0 Å². The zero-order chi connectivity index (χ0) is 13.8. The maximum Gasteiger partial charge on any atom is 0.328 e. The van der Waals surface area contributed by atoms with Crippen molar-refractivity contribution < 1.29 is 19.5 Å². The van der Waals surface area contributed by atoms with Gasteiger partial charge in [0, 0.05) is 6.92 Å². The number of hydrogen-bond donors (Lipinski definition) is 3. The molecule has 3 N–H and O–H groups in total. The predicted octanol–water partition coefficient (Wildman–Crippen LogP) is 0.126. The van der Waals surface area contributed by atoms with Gasteiger partial charge in [0.1, 0.15) is 11.6 Å². The highest BCUT2D eigenvalue weighted by Gasteiger charge is 2.33. The van der Waals surface area contributed by atoms with Gasteiger partial charge in [0.15, 0.2) is 0 Å². The van der Waals surface area contributed by atoms with Gasteiger partial charge < -0.3 is 15.7 Å². The number of carbonyl (C=O) groups is 3. The van der Waals surface area contributed by atoms with Crippen molar-refractivity contribution in [3.8, 4) is 0 Å².